The number of terminal acetylenes is 1. The lowest BCUT2D eigenvalue weighted by Gasteiger charge is -2.09. The molecule has 0 atom stereocenters. The molecule has 1 aliphatic rings. The quantitative estimate of drug-likeness (QED) is 0.781. The number of aryl methyl sites for hydroxylation is 1. The van der Waals surface area contributed by atoms with Gasteiger partial charge in [-0.05, 0) is 24.3 Å². The van der Waals surface area contributed by atoms with E-state index in [9.17, 15) is 9.59 Å². The molecule has 1 amide bonds. The zero-order valence-corrected chi connectivity index (χ0v) is 13.8. The fourth-order valence-corrected chi connectivity index (χ4v) is 2.45. The molecule has 8 heteroatoms. The summed E-state index contributed by atoms with van der Waals surface area (Å²) in [5.41, 5.74) is 0.603. The largest absolute Gasteiger partial charge is 0.350 e. The normalized spacial score (nSPS) is 14.1. The van der Waals surface area contributed by atoms with Crippen LogP contribution < -0.4 is 11.0 Å². The smallest absolute Gasteiger partial charge is 0.326 e. The van der Waals surface area contributed by atoms with Gasteiger partial charge in [-0.3, -0.25) is 9.36 Å². The number of aromatic nitrogens is 3. The first-order chi connectivity index (χ1) is 12.0. The molecular formula is C17H18N6O2. The summed E-state index contributed by atoms with van der Waals surface area (Å²) in [6, 6.07) is 6.91. The van der Waals surface area contributed by atoms with Gasteiger partial charge in [-0.15, -0.1) is 12.3 Å². The molecule has 0 unspecified atom stereocenters. The van der Waals surface area contributed by atoms with Crippen molar-refractivity contribution < 1.29 is 4.79 Å². The molecule has 1 N–H and O–H groups in total. The van der Waals surface area contributed by atoms with Gasteiger partial charge in [0.2, 0.25) is 5.91 Å². The molecule has 2 heterocycles. The lowest BCUT2D eigenvalue weighted by Crippen LogP contribution is -2.21. The molecule has 128 valence electrons. The highest BCUT2D eigenvalue weighted by Crippen LogP contribution is 2.37. The van der Waals surface area contributed by atoms with E-state index >= 15 is 0 Å². The van der Waals surface area contributed by atoms with Gasteiger partial charge in [-0.1, -0.05) is 0 Å². The van der Waals surface area contributed by atoms with Crippen LogP contribution in [0.3, 0.4) is 0 Å². The highest BCUT2D eigenvalue weighted by molar-refractivity contribution is 5.90. The minimum absolute atomic E-state index is 0.111. The lowest BCUT2D eigenvalue weighted by molar-refractivity contribution is -0.116. The van der Waals surface area contributed by atoms with Crippen LogP contribution in [0, 0.1) is 12.3 Å². The van der Waals surface area contributed by atoms with E-state index in [4.69, 9.17) is 6.42 Å². The van der Waals surface area contributed by atoms with Crippen molar-refractivity contribution in [3.05, 3.63) is 41.1 Å². The molecule has 1 aromatic carbocycles. The molecule has 1 aromatic heterocycles. The van der Waals surface area contributed by atoms with Crippen molar-refractivity contribution in [3.8, 4) is 18.0 Å². The number of anilines is 1. The van der Waals surface area contributed by atoms with Gasteiger partial charge in [-0.2, -0.15) is 20.0 Å². The van der Waals surface area contributed by atoms with E-state index in [0.717, 1.165) is 0 Å². The van der Waals surface area contributed by atoms with E-state index in [1.165, 1.54) is 15.6 Å². The summed E-state index contributed by atoms with van der Waals surface area (Å²) < 4.78 is 2.68. The number of hydrogen-bond acceptors (Lipinski definition) is 5. The van der Waals surface area contributed by atoms with Crippen LogP contribution in [0.4, 0.5) is 5.69 Å². The fourth-order valence-electron chi connectivity index (χ4n) is 2.45. The van der Waals surface area contributed by atoms with Crippen LogP contribution >= 0.6 is 0 Å². The first-order valence-corrected chi connectivity index (χ1v) is 7.91. The molecule has 1 aliphatic heterocycles. The van der Waals surface area contributed by atoms with Gasteiger partial charge in [0.25, 0.3) is 0 Å². The van der Waals surface area contributed by atoms with Crippen molar-refractivity contribution in [1.82, 2.24) is 14.3 Å². The molecule has 8 nitrogen and oxygen atoms in total. The Morgan fingerprint density at radius 2 is 2.00 bits per heavy atom. The summed E-state index contributed by atoms with van der Waals surface area (Å²) in [6.07, 6.45) is 8.85. The van der Waals surface area contributed by atoms with Gasteiger partial charge >= 0.3 is 5.69 Å². The number of carbonyl (C=O) groups is 1. The number of nitrogens with one attached hydrogen (secondary N) is 1. The average Bonchev–Trinajstić information content (AvgIpc) is 3.32. The highest BCUT2D eigenvalue weighted by Gasteiger charge is 2.39. The van der Waals surface area contributed by atoms with Gasteiger partial charge in [0.1, 0.15) is 6.33 Å². The SMILES string of the molecule is C#CCCC1(CCC(=O)Nc2ccc(-n3ncn(C)c3=O)cc2)N=N1. The maximum absolute atomic E-state index is 12.1. The second kappa shape index (κ2) is 6.73. The van der Waals surface area contributed by atoms with E-state index in [1.54, 1.807) is 31.3 Å². The number of nitrogens with zero attached hydrogens (tertiary/aromatic N) is 5. The zero-order valence-electron chi connectivity index (χ0n) is 13.8. The number of carbonyl (C=O) groups excluding carboxylic acids is 1. The molecule has 0 saturated carbocycles. The Balaban J connectivity index is 1.55. The predicted molar refractivity (Wildman–Crippen MR) is 92.3 cm³/mol. The van der Waals surface area contributed by atoms with Crippen LogP contribution in [0.2, 0.25) is 0 Å². The maximum Gasteiger partial charge on any atom is 0.350 e. The Kier molecular flexibility index (Phi) is 4.48. The van der Waals surface area contributed by atoms with Crippen LogP contribution in [0.25, 0.3) is 5.69 Å². The van der Waals surface area contributed by atoms with Gasteiger partial charge in [0.05, 0.1) is 5.69 Å². The molecule has 0 bridgehead atoms. The van der Waals surface area contributed by atoms with E-state index < -0.39 is 5.66 Å². The molecule has 0 spiro atoms. The summed E-state index contributed by atoms with van der Waals surface area (Å²) in [4.78, 5) is 23.9. The summed E-state index contributed by atoms with van der Waals surface area (Å²) >= 11 is 0. The van der Waals surface area contributed by atoms with Crippen molar-refractivity contribution in [2.75, 3.05) is 5.32 Å². The zero-order chi connectivity index (χ0) is 17.9. The third kappa shape index (κ3) is 3.83. The maximum atomic E-state index is 12.1. The van der Waals surface area contributed by atoms with E-state index in [-0.39, 0.29) is 11.6 Å². The lowest BCUT2D eigenvalue weighted by atomic mass is 10.0. The van der Waals surface area contributed by atoms with Crippen molar-refractivity contribution in [2.45, 2.75) is 31.3 Å². The second-order valence-electron chi connectivity index (χ2n) is 5.92. The third-order valence-corrected chi connectivity index (χ3v) is 4.02. The van der Waals surface area contributed by atoms with E-state index in [0.29, 0.717) is 37.1 Å². The van der Waals surface area contributed by atoms with Gasteiger partial charge < -0.3 is 5.32 Å². The predicted octanol–water partition coefficient (Wildman–Crippen LogP) is 1.87. The first-order valence-electron chi connectivity index (χ1n) is 7.91. The molecule has 0 radical (unpaired) electrons. The second-order valence-corrected chi connectivity index (χ2v) is 5.92. The standard InChI is InChI=1S/C17H18N6O2/c1-3-4-10-17(20-21-17)11-9-15(24)19-13-5-7-14(8-6-13)23-16(25)22(2)12-18-23/h1,5-8,12H,4,9-11H2,2H3,(H,19,24). The van der Waals surface area contributed by atoms with Crippen LogP contribution in [0.15, 0.2) is 45.6 Å². The Bertz CT molecular complexity index is 894. The van der Waals surface area contributed by atoms with Gasteiger partial charge in [0, 0.05) is 38.4 Å². The summed E-state index contributed by atoms with van der Waals surface area (Å²) in [5.74, 6) is 2.45. The van der Waals surface area contributed by atoms with Crippen molar-refractivity contribution in [2.24, 2.45) is 17.3 Å². The summed E-state index contributed by atoms with van der Waals surface area (Å²) in [6.45, 7) is 0. The fraction of sp³-hybridized carbons (Fsp3) is 0.353. The van der Waals surface area contributed by atoms with Crippen LogP contribution in [0.5, 0.6) is 0 Å². The van der Waals surface area contributed by atoms with Crippen LogP contribution in [-0.4, -0.2) is 25.9 Å². The average molecular weight is 338 g/mol. The number of amides is 1. The molecule has 25 heavy (non-hydrogen) atoms. The third-order valence-electron chi connectivity index (χ3n) is 4.02. The van der Waals surface area contributed by atoms with Gasteiger partial charge in [0.15, 0.2) is 5.66 Å². The molecule has 0 fully saturated rings. The Morgan fingerprint density at radius 3 is 2.56 bits per heavy atom. The molecule has 2 aromatic rings. The van der Waals surface area contributed by atoms with Crippen molar-refractivity contribution in [3.63, 3.8) is 0 Å². The Morgan fingerprint density at radius 1 is 1.28 bits per heavy atom. The molecule has 3 rings (SSSR count). The number of hydrogen-bond donors (Lipinski definition) is 1. The van der Waals surface area contributed by atoms with E-state index in [2.05, 4.69) is 26.6 Å². The Hall–Kier alpha value is -3.21. The minimum Gasteiger partial charge on any atom is -0.326 e. The molecule has 0 aliphatic carbocycles. The Labute approximate surface area is 144 Å². The van der Waals surface area contributed by atoms with Crippen molar-refractivity contribution in [1.29, 1.82) is 0 Å². The van der Waals surface area contributed by atoms with E-state index in [1.807, 2.05) is 0 Å². The van der Waals surface area contributed by atoms with Crippen LogP contribution in [-0.2, 0) is 11.8 Å². The highest BCUT2D eigenvalue weighted by atomic mass is 16.2. The molecule has 0 saturated heterocycles. The van der Waals surface area contributed by atoms with Crippen molar-refractivity contribution >= 4 is 11.6 Å². The minimum atomic E-state index is -0.451. The number of rotatable bonds is 7. The monoisotopic (exact) mass is 338 g/mol. The van der Waals surface area contributed by atoms with Gasteiger partial charge in [-0.25, -0.2) is 4.79 Å². The summed E-state index contributed by atoms with van der Waals surface area (Å²) in [7, 11) is 1.63. The topological polar surface area (TPSA) is 93.6 Å². The summed E-state index contributed by atoms with van der Waals surface area (Å²) in [5, 5.41) is 14.9. The van der Waals surface area contributed by atoms with Crippen LogP contribution in [0.1, 0.15) is 25.7 Å². The molecular weight excluding hydrogens is 320 g/mol. The first kappa shape index (κ1) is 16.6. The number of benzene rings is 1.